The zero-order chi connectivity index (χ0) is 11.3. The number of para-hydroxylation sites is 2. The summed E-state index contributed by atoms with van der Waals surface area (Å²) in [6.07, 6.45) is 0. The smallest absolute Gasteiger partial charge is 0.142 e. The zero-order valence-electron chi connectivity index (χ0n) is 9.73. The van der Waals surface area contributed by atoms with Crippen LogP contribution in [0, 0.1) is 5.92 Å². The molecule has 0 aliphatic rings. The van der Waals surface area contributed by atoms with E-state index in [2.05, 4.69) is 25.9 Å². The second kappa shape index (κ2) is 5.61. The van der Waals surface area contributed by atoms with Gasteiger partial charge in [0, 0.05) is 12.5 Å². The molecule has 0 amide bonds. The Labute approximate surface area is 91.8 Å². The van der Waals surface area contributed by atoms with Gasteiger partial charge in [-0.2, -0.15) is 0 Å². The maximum Gasteiger partial charge on any atom is 0.142 e. The van der Waals surface area contributed by atoms with Crippen LogP contribution in [0.3, 0.4) is 0 Å². The molecular formula is C12H20N2O. The highest BCUT2D eigenvalue weighted by Gasteiger charge is 2.05. The van der Waals surface area contributed by atoms with Crippen LogP contribution in [0.2, 0.25) is 0 Å². The number of rotatable bonds is 5. The normalized spacial score (nSPS) is 12.8. The van der Waals surface area contributed by atoms with Crippen molar-refractivity contribution in [3.05, 3.63) is 24.3 Å². The van der Waals surface area contributed by atoms with Gasteiger partial charge in [0.25, 0.3) is 0 Å². The van der Waals surface area contributed by atoms with Crippen LogP contribution in [0.1, 0.15) is 6.92 Å². The number of nitrogens with zero attached hydrogens (tertiary/aromatic N) is 1. The highest BCUT2D eigenvalue weighted by atomic mass is 16.5. The van der Waals surface area contributed by atoms with Crippen molar-refractivity contribution in [2.24, 2.45) is 5.92 Å². The molecule has 84 valence electrons. The molecule has 0 aliphatic carbocycles. The highest BCUT2D eigenvalue weighted by molar-refractivity contribution is 5.51. The van der Waals surface area contributed by atoms with E-state index in [-0.39, 0.29) is 0 Å². The van der Waals surface area contributed by atoms with Crippen LogP contribution < -0.4 is 10.5 Å². The van der Waals surface area contributed by atoms with Crippen molar-refractivity contribution in [2.75, 3.05) is 33.0 Å². The molecule has 15 heavy (non-hydrogen) atoms. The molecule has 3 heteroatoms. The highest BCUT2D eigenvalue weighted by Crippen LogP contribution is 2.20. The van der Waals surface area contributed by atoms with Crippen LogP contribution in [-0.2, 0) is 0 Å². The van der Waals surface area contributed by atoms with E-state index in [4.69, 9.17) is 10.5 Å². The number of benzene rings is 1. The summed E-state index contributed by atoms with van der Waals surface area (Å²) in [7, 11) is 4.13. The van der Waals surface area contributed by atoms with Crippen LogP contribution in [0.15, 0.2) is 24.3 Å². The molecule has 1 atom stereocenters. The number of ether oxygens (including phenoxy) is 1. The van der Waals surface area contributed by atoms with E-state index >= 15 is 0 Å². The molecule has 0 aliphatic heterocycles. The largest absolute Gasteiger partial charge is 0.491 e. The lowest BCUT2D eigenvalue weighted by Crippen LogP contribution is -2.24. The minimum absolute atomic E-state index is 0.500. The summed E-state index contributed by atoms with van der Waals surface area (Å²) >= 11 is 0. The Balaban J connectivity index is 2.40. The number of nitrogen functional groups attached to an aromatic ring is 1. The summed E-state index contributed by atoms with van der Waals surface area (Å²) in [5, 5.41) is 0. The monoisotopic (exact) mass is 208 g/mol. The number of anilines is 1. The van der Waals surface area contributed by atoms with E-state index in [0.29, 0.717) is 18.2 Å². The van der Waals surface area contributed by atoms with Crippen molar-refractivity contribution in [2.45, 2.75) is 6.92 Å². The van der Waals surface area contributed by atoms with Gasteiger partial charge in [-0.1, -0.05) is 19.1 Å². The van der Waals surface area contributed by atoms with E-state index in [0.717, 1.165) is 12.3 Å². The first kappa shape index (κ1) is 11.9. The molecule has 0 aromatic heterocycles. The summed E-state index contributed by atoms with van der Waals surface area (Å²) < 4.78 is 5.65. The lowest BCUT2D eigenvalue weighted by molar-refractivity contribution is 0.223. The lowest BCUT2D eigenvalue weighted by atomic mass is 10.2. The molecule has 1 aromatic carbocycles. The van der Waals surface area contributed by atoms with Crippen LogP contribution in [0.4, 0.5) is 5.69 Å². The zero-order valence-corrected chi connectivity index (χ0v) is 9.73. The fourth-order valence-electron chi connectivity index (χ4n) is 1.52. The molecule has 0 spiro atoms. The maximum absolute atomic E-state index is 5.77. The van der Waals surface area contributed by atoms with Gasteiger partial charge < -0.3 is 15.4 Å². The average molecular weight is 208 g/mol. The second-order valence-corrected chi connectivity index (χ2v) is 4.22. The Morgan fingerprint density at radius 3 is 2.60 bits per heavy atom. The molecule has 1 unspecified atom stereocenters. The molecule has 0 bridgehead atoms. The van der Waals surface area contributed by atoms with Gasteiger partial charge in [-0.05, 0) is 26.2 Å². The maximum atomic E-state index is 5.77. The van der Waals surface area contributed by atoms with E-state index < -0.39 is 0 Å². The second-order valence-electron chi connectivity index (χ2n) is 4.22. The standard InChI is InChI=1S/C12H20N2O/c1-10(8-14(2)3)9-15-12-7-5-4-6-11(12)13/h4-7,10H,8-9,13H2,1-3H3. The quantitative estimate of drug-likeness (QED) is 0.750. The Kier molecular flexibility index (Phi) is 4.43. The van der Waals surface area contributed by atoms with Crippen molar-refractivity contribution in [3.8, 4) is 5.75 Å². The van der Waals surface area contributed by atoms with Crippen molar-refractivity contribution in [3.63, 3.8) is 0 Å². The molecule has 0 saturated carbocycles. The number of hydrogen-bond donors (Lipinski definition) is 1. The van der Waals surface area contributed by atoms with Crippen LogP contribution in [0.25, 0.3) is 0 Å². The van der Waals surface area contributed by atoms with Gasteiger partial charge in [0.1, 0.15) is 5.75 Å². The first-order valence-corrected chi connectivity index (χ1v) is 5.21. The van der Waals surface area contributed by atoms with Gasteiger partial charge in [0.15, 0.2) is 0 Å². The van der Waals surface area contributed by atoms with E-state index in [1.54, 1.807) is 0 Å². The number of hydrogen-bond acceptors (Lipinski definition) is 3. The summed E-state index contributed by atoms with van der Waals surface area (Å²) in [4.78, 5) is 2.16. The molecule has 1 rings (SSSR count). The van der Waals surface area contributed by atoms with Crippen molar-refractivity contribution in [1.82, 2.24) is 4.90 Å². The minimum Gasteiger partial charge on any atom is -0.491 e. The molecule has 1 aromatic rings. The third-order valence-corrected chi connectivity index (χ3v) is 2.12. The van der Waals surface area contributed by atoms with Gasteiger partial charge in [0.2, 0.25) is 0 Å². The summed E-state index contributed by atoms with van der Waals surface area (Å²) in [6.45, 7) is 3.89. The predicted octanol–water partition coefficient (Wildman–Crippen LogP) is 1.85. The van der Waals surface area contributed by atoms with E-state index in [1.807, 2.05) is 24.3 Å². The van der Waals surface area contributed by atoms with E-state index in [9.17, 15) is 0 Å². The molecule has 0 heterocycles. The number of nitrogens with two attached hydrogens (primary N) is 1. The van der Waals surface area contributed by atoms with E-state index in [1.165, 1.54) is 0 Å². The molecule has 0 saturated heterocycles. The SMILES string of the molecule is CC(COc1ccccc1N)CN(C)C. The fraction of sp³-hybridized carbons (Fsp3) is 0.500. The minimum atomic E-state index is 0.500. The van der Waals surface area contributed by atoms with Crippen molar-refractivity contribution < 1.29 is 4.74 Å². The molecule has 3 nitrogen and oxygen atoms in total. The first-order valence-electron chi connectivity index (χ1n) is 5.21. The summed E-state index contributed by atoms with van der Waals surface area (Å²) in [5.41, 5.74) is 6.48. The van der Waals surface area contributed by atoms with Gasteiger partial charge in [-0.3, -0.25) is 0 Å². The van der Waals surface area contributed by atoms with Gasteiger partial charge in [-0.25, -0.2) is 0 Å². The fourth-order valence-corrected chi connectivity index (χ4v) is 1.52. The van der Waals surface area contributed by atoms with Crippen LogP contribution >= 0.6 is 0 Å². The van der Waals surface area contributed by atoms with Crippen molar-refractivity contribution >= 4 is 5.69 Å². The average Bonchev–Trinajstić information content (AvgIpc) is 2.15. The summed E-state index contributed by atoms with van der Waals surface area (Å²) in [6, 6.07) is 7.59. The predicted molar refractivity (Wildman–Crippen MR) is 64.1 cm³/mol. The molecule has 0 fully saturated rings. The third kappa shape index (κ3) is 4.21. The topological polar surface area (TPSA) is 38.5 Å². The Morgan fingerprint density at radius 2 is 2.00 bits per heavy atom. The van der Waals surface area contributed by atoms with Crippen LogP contribution in [0.5, 0.6) is 5.75 Å². The van der Waals surface area contributed by atoms with Crippen LogP contribution in [-0.4, -0.2) is 32.1 Å². The Bertz CT molecular complexity index is 299. The third-order valence-electron chi connectivity index (χ3n) is 2.12. The molecular weight excluding hydrogens is 188 g/mol. The first-order chi connectivity index (χ1) is 7.09. The van der Waals surface area contributed by atoms with Gasteiger partial charge >= 0.3 is 0 Å². The Hall–Kier alpha value is -1.22. The lowest BCUT2D eigenvalue weighted by Gasteiger charge is -2.17. The molecule has 2 N–H and O–H groups in total. The van der Waals surface area contributed by atoms with Crippen molar-refractivity contribution in [1.29, 1.82) is 0 Å². The van der Waals surface area contributed by atoms with Gasteiger partial charge in [-0.15, -0.1) is 0 Å². The molecule has 0 radical (unpaired) electrons. The summed E-state index contributed by atoms with van der Waals surface area (Å²) in [5.74, 6) is 1.28. The Morgan fingerprint density at radius 1 is 1.33 bits per heavy atom. The van der Waals surface area contributed by atoms with Gasteiger partial charge in [0.05, 0.1) is 12.3 Å².